The van der Waals surface area contributed by atoms with E-state index in [4.69, 9.17) is 0 Å². The number of hydrogen-bond acceptors (Lipinski definition) is 1. The minimum absolute atomic E-state index is 0.621. The van der Waals surface area contributed by atoms with Crippen LogP contribution in [0.15, 0.2) is 42.5 Å². The molecule has 16 heavy (non-hydrogen) atoms. The summed E-state index contributed by atoms with van der Waals surface area (Å²) in [4.78, 5) is 1.48. The molecule has 0 N–H and O–H groups in total. The zero-order valence-corrected chi connectivity index (χ0v) is 10.3. The Morgan fingerprint density at radius 2 is 1.75 bits per heavy atom. The molecule has 1 aromatic heterocycles. The van der Waals surface area contributed by atoms with E-state index >= 15 is 0 Å². The number of hydrogen-bond donors (Lipinski definition) is 0. The van der Waals surface area contributed by atoms with Gasteiger partial charge in [-0.05, 0) is 28.8 Å². The quantitative estimate of drug-likeness (QED) is 0.536. The Morgan fingerprint density at radius 1 is 0.938 bits per heavy atom. The molecule has 1 heteroatoms. The van der Waals surface area contributed by atoms with Crippen LogP contribution >= 0.6 is 11.3 Å². The van der Waals surface area contributed by atoms with Gasteiger partial charge in [-0.25, -0.2) is 0 Å². The van der Waals surface area contributed by atoms with Gasteiger partial charge >= 0.3 is 0 Å². The highest BCUT2D eigenvalue weighted by Crippen LogP contribution is 2.34. The van der Waals surface area contributed by atoms with Crippen molar-refractivity contribution in [2.24, 2.45) is 0 Å². The lowest BCUT2D eigenvalue weighted by Gasteiger charge is -1.97. The average molecular weight is 226 g/mol. The third kappa shape index (κ3) is 1.43. The smallest absolute Gasteiger partial charge is 0.0352 e. The summed E-state index contributed by atoms with van der Waals surface area (Å²) in [5.74, 6) is 0.621. The van der Waals surface area contributed by atoms with E-state index in [1.807, 2.05) is 11.3 Å². The molecule has 3 rings (SSSR count). The first-order valence-corrected chi connectivity index (χ1v) is 6.48. The molecule has 0 nitrogen and oxygen atoms in total. The zero-order chi connectivity index (χ0) is 11.1. The van der Waals surface area contributed by atoms with Crippen molar-refractivity contribution in [1.82, 2.24) is 0 Å². The van der Waals surface area contributed by atoms with Gasteiger partial charge in [0.25, 0.3) is 0 Å². The maximum Gasteiger partial charge on any atom is 0.0352 e. The number of fused-ring (bicyclic) bond motifs is 3. The van der Waals surface area contributed by atoms with Crippen molar-refractivity contribution in [2.45, 2.75) is 19.8 Å². The second-order valence-corrected chi connectivity index (χ2v) is 5.62. The topological polar surface area (TPSA) is 0 Å². The molecule has 0 aliphatic heterocycles. The van der Waals surface area contributed by atoms with Crippen molar-refractivity contribution >= 4 is 32.2 Å². The van der Waals surface area contributed by atoms with Gasteiger partial charge in [0, 0.05) is 15.0 Å². The molecule has 80 valence electrons. The van der Waals surface area contributed by atoms with Crippen molar-refractivity contribution in [3.63, 3.8) is 0 Å². The first-order valence-electron chi connectivity index (χ1n) is 5.67. The Labute approximate surface area is 99.5 Å². The molecule has 0 spiro atoms. The van der Waals surface area contributed by atoms with Crippen molar-refractivity contribution in [3.8, 4) is 0 Å². The van der Waals surface area contributed by atoms with Crippen LogP contribution in [-0.2, 0) is 0 Å². The number of benzene rings is 2. The predicted molar refractivity (Wildman–Crippen MR) is 73.4 cm³/mol. The van der Waals surface area contributed by atoms with E-state index in [9.17, 15) is 0 Å². The second kappa shape index (κ2) is 3.60. The molecule has 0 saturated carbocycles. The summed E-state index contributed by atoms with van der Waals surface area (Å²) in [5.41, 5.74) is 0. The molecule has 3 aromatic rings. The van der Waals surface area contributed by atoms with Crippen molar-refractivity contribution in [3.05, 3.63) is 47.3 Å². The Kier molecular flexibility index (Phi) is 2.22. The molecular weight excluding hydrogens is 212 g/mol. The second-order valence-electron chi connectivity index (χ2n) is 4.50. The minimum Gasteiger partial charge on any atom is -0.140 e. The molecule has 0 fully saturated rings. The molecular formula is C15H14S. The highest BCUT2D eigenvalue weighted by Gasteiger charge is 2.07. The van der Waals surface area contributed by atoms with Gasteiger partial charge < -0.3 is 0 Å². The summed E-state index contributed by atoms with van der Waals surface area (Å²) in [6, 6.07) is 15.4. The van der Waals surface area contributed by atoms with Crippen LogP contribution in [0.2, 0.25) is 0 Å². The van der Waals surface area contributed by atoms with Crippen LogP contribution in [0.3, 0.4) is 0 Å². The Morgan fingerprint density at radius 3 is 2.56 bits per heavy atom. The van der Waals surface area contributed by atoms with E-state index in [0.29, 0.717) is 5.92 Å². The fourth-order valence-corrected chi connectivity index (χ4v) is 3.18. The normalized spacial score (nSPS) is 11.7. The number of rotatable bonds is 1. The lowest BCUT2D eigenvalue weighted by atomic mass is 10.1. The Bertz CT molecular complexity index is 647. The van der Waals surface area contributed by atoms with Crippen molar-refractivity contribution in [1.29, 1.82) is 0 Å². The molecule has 0 bridgehead atoms. The highest BCUT2D eigenvalue weighted by molar-refractivity contribution is 7.19. The van der Waals surface area contributed by atoms with Gasteiger partial charge in [-0.15, -0.1) is 11.3 Å². The lowest BCUT2D eigenvalue weighted by molar-refractivity contribution is 0.890. The van der Waals surface area contributed by atoms with Crippen LogP contribution in [0.25, 0.3) is 20.9 Å². The summed E-state index contributed by atoms with van der Waals surface area (Å²) < 4.78 is 1.41. The fraction of sp³-hybridized carbons (Fsp3) is 0.200. The van der Waals surface area contributed by atoms with E-state index in [0.717, 1.165) is 0 Å². The van der Waals surface area contributed by atoms with Crippen LogP contribution in [-0.4, -0.2) is 0 Å². The minimum atomic E-state index is 0.621. The van der Waals surface area contributed by atoms with Crippen LogP contribution in [0.1, 0.15) is 24.6 Å². The van der Waals surface area contributed by atoms with Gasteiger partial charge in [-0.3, -0.25) is 0 Å². The molecule has 2 aromatic carbocycles. The monoisotopic (exact) mass is 226 g/mol. The standard InChI is InChI=1S/C15H14S/c1-10(2)15-9-13-12-6-4-3-5-11(12)7-8-14(13)16-15/h3-10H,1-2H3. The van der Waals surface area contributed by atoms with Crippen LogP contribution in [0.5, 0.6) is 0 Å². The van der Waals surface area contributed by atoms with Crippen molar-refractivity contribution < 1.29 is 0 Å². The summed E-state index contributed by atoms with van der Waals surface area (Å²) >= 11 is 1.92. The van der Waals surface area contributed by atoms with Gasteiger partial charge in [-0.2, -0.15) is 0 Å². The van der Waals surface area contributed by atoms with Crippen LogP contribution in [0.4, 0.5) is 0 Å². The third-order valence-corrected chi connectivity index (χ3v) is 4.41. The average Bonchev–Trinajstić information content (AvgIpc) is 2.73. The molecule has 1 heterocycles. The molecule has 0 aliphatic rings. The maximum absolute atomic E-state index is 2.35. The molecule has 0 unspecified atom stereocenters. The summed E-state index contributed by atoms with van der Waals surface area (Å²) in [6.07, 6.45) is 0. The maximum atomic E-state index is 2.35. The zero-order valence-electron chi connectivity index (χ0n) is 9.53. The van der Waals surface area contributed by atoms with Gasteiger partial charge in [-0.1, -0.05) is 44.2 Å². The van der Waals surface area contributed by atoms with Gasteiger partial charge in [0.15, 0.2) is 0 Å². The lowest BCUT2D eigenvalue weighted by Crippen LogP contribution is -1.77. The van der Waals surface area contributed by atoms with Gasteiger partial charge in [0.05, 0.1) is 0 Å². The van der Waals surface area contributed by atoms with Crippen LogP contribution in [0, 0.1) is 0 Å². The molecule has 0 radical (unpaired) electrons. The molecule has 0 amide bonds. The van der Waals surface area contributed by atoms with Crippen molar-refractivity contribution in [2.75, 3.05) is 0 Å². The summed E-state index contributed by atoms with van der Waals surface area (Å²) in [5, 5.41) is 4.12. The van der Waals surface area contributed by atoms with Crippen LogP contribution < -0.4 is 0 Å². The molecule has 0 saturated heterocycles. The largest absolute Gasteiger partial charge is 0.140 e. The number of thiophene rings is 1. The predicted octanol–water partition coefficient (Wildman–Crippen LogP) is 5.18. The first kappa shape index (κ1) is 9.86. The fourth-order valence-electron chi connectivity index (χ4n) is 2.10. The summed E-state index contributed by atoms with van der Waals surface area (Å²) in [7, 11) is 0. The SMILES string of the molecule is CC(C)c1cc2c(ccc3ccccc32)s1. The highest BCUT2D eigenvalue weighted by atomic mass is 32.1. The van der Waals surface area contributed by atoms with E-state index in [2.05, 4.69) is 56.3 Å². The Hall–Kier alpha value is -1.34. The van der Waals surface area contributed by atoms with Gasteiger partial charge in [0.1, 0.15) is 0 Å². The third-order valence-electron chi connectivity index (χ3n) is 3.01. The molecule has 0 aliphatic carbocycles. The van der Waals surface area contributed by atoms with Gasteiger partial charge in [0.2, 0.25) is 0 Å². The van der Waals surface area contributed by atoms with E-state index < -0.39 is 0 Å². The van der Waals surface area contributed by atoms with E-state index in [-0.39, 0.29) is 0 Å². The summed E-state index contributed by atoms with van der Waals surface area (Å²) in [6.45, 7) is 4.51. The molecule has 0 atom stereocenters. The van der Waals surface area contributed by atoms with E-state index in [1.54, 1.807) is 0 Å². The Balaban J connectivity index is 2.41. The van der Waals surface area contributed by atoms with E-state index in [1.165, 1.54) is 25.7 Å². The first-order chi connectivity index (χ1) is 7.75.